The second-order valence-electron chi connectivity index (χ2n) is 9.88. The lowest BCUT2D eigenvalue weighted by atomic mass is 9.79. The first-order valence-electron chi connectivity index (χ1n) is 11.9. The van der Waals surface area contributed by atoms with E-state index in [-0.39, 0.29) is 12.6 Å². The normalized spacial score (nSPS) is 14.6. The van der Waals surface area contributed by atoms with E-state index in [1.54, 1.807) is 29.2 Å². The van der Waals surface area contributed by atoms with Gasteiger partial charge in [-0.05, 0) is 69.4 Å². The Hall–Kier alpha value is -3.70. The lowest BCUT2D eigenvalue weighted by Crippen LogP contribution is -2.47. The van der Waals surface area contributed by atoms with Crippen LogP contribution in [-0.4, -0.2) is 37.6 Å². The molecule has 8 heteroatoms. The summed E-state index contributed by atoms with van der Waals surface area (Å²) in [5, 5.41) is 27.8. The standard InChI is InChI=1S/C27H31N5O3/c1-27(2,3)35-26(34)30-22(19-7-5-8-19)16-32-23(17-33)24(20-10-12-29-13-11-20)25(31-32)21-9-4-6-18(14-21)15-28/h4,6,9-14,19,22,33H,5,7-8,16-17H2,1-3H3,(H,30,34)/t22-/m1/s1. The summed E-state index contributed by atoms with van der Waals surface area (Å²) in [6, 6.07) is 13.0. The molecule has 0 unspecified atom stereocenters. The second kappa shape index (κ2) is 10.3. The molecular formula is C27H31N5O3. The number of carbonyl (C=O) groups is 1. The summed E-state index contributed by atoms with van der Waals surface area (Å²) in [6.45, 7) is 5.68. The van der Waals surface area contributed by atoms with Crippen molar-refractivity contribution in [1.29, 1.82) is 5.26 Å². The van der Waals surface area contributed by atoms with E-state index in [2.05, 4.69) is 16.4 Å². The quantitative estimate of drug-likeness (QED) is 0.516. The number of hydrogen-bond donors (Lipinski definition) is 2. The smallest absolute Gasteiger partial charge is 0.407 e. The van der Waals surface area contributed by atoms with Gasteiger partial charge in [0.15, 0.2) is 0 Å². The molecule has 2 aromatic heterocycles. The minimum Gasteiger partial charge on any atom is -0.444 e. The van der Waals surface area contributed by atoms with Gasteiger partial charge >= 0.3 is 6.09 Å². The van der Waals surface area contributed by atoms with Crippen LogP contribution in [0.5, 0.6) is 0 Å². The van der Waals surface area contributed by atoms with Gasteiger partial charge in [0.1, 0.15) is 11.3 Å². The highest BCUT2D eigenvalue weighted by atomic mass is 16.6. The Bertz CT molecular complexity index is 1220. The molecule has 1 aliphatic rings. The predicted octanol–water partition coefficient (Wildman–Crippen LogP) is 4.67. The summed E-state index contributed by atoms with van der Waals surface area (Å²) in [6.07, 6.45) is 6.10. The molecule has 2 heterocycles. The van der Waals surface area contributed by atoms with E-state index in [9.17, 15) is 15.2 Å². The zero-order chi connectivity index (χ0) is 25.0. The molecule has 0 spiro atoms. The number of alkyl carbamates (subject to hydrolysis) is 1. The van der Waals surface area contributed by atoms with Crippen molar-refractivity contribution in [2.24, 2.45) is 5.92 Å². The van der Waals surface area contributed by atoms with Crippen LogP contribution in [0.3, 0.4) is 0 Å². The van der Waals surface area contributed by atoms with Crippen molar-refractivity contribution in [2.45, 2.75) is 64.8 Å². The zero-order valence-electron chi connectivity index (χ0n) is 20.4. The number of pyridine rings is 1. The van der Waals surface area contributed by atoms with Gasteiger partial charge in [-0.15, -0.1) is 0 Å². The summed E-state index contributed by atoms with van der Waals surface area (Å²) in [5.41, 5.74) is 3.68. The molecule has 1 atom stereocenters. The Morgan fingerprint density at radius 3 is 2.60 bits per heavy atom. The third-order valence-electron chi connectivity index (χ3n) is 6.23. The van der Waals surface area contributed by atoms with Crippen molar-refractivity contribution < 1.29 is 14.6 Å². The van der Waals surface area contributed by atoms with Crippen LogP contribution < -0.4 is 5.32 Å². The van der Waals surface area contributed by atoms with Gasteiger partial charge in [0.25, 0.3) is 0 Å². The van der Waals surface area contributed by atoms with Crippen LogP contribution in [0.1, 0.15) is 51.3 Å². The average molecular weight is 474 g/mol. The van der Waals surface area contributed by atoms with Crippen LogP contribution in [0.15, 0.2) is 48.8 Å². The Labute approximate surface area is 205 Å². The van der Waals surface area contributed by atoms with E-state index in [4.69, 9.17) is 9.84 Å². The number of nitrogens with zero attached hydrogens (tertiary/aromatic N) is 4. The average Bonchev–Trinajstić information content (AvgIpc) is 3.15. The lowest BCUT2D eigenvalue weighted by Gasteiger charge is -2.35. The monoisotopic (exact) mass is 473 g/mol. The summed E-state index contributed by atoms with van der Waals surface area (Å²) >= 11 is 0. The number of rotatable bonds is 7. The van der Waals surface area contributed by atoms with Gasteiger partial charge < -0.3 is 15.2 Å². The molecule has 1 aromatic carbocycles. The van der Waals surface area contributed by atoms with E-state index >= 15 is 0 Å². The molecule has 2 N–H and O–H groups in total. The SMILES string of the molecule is CC(C)(C)OC(=O)N[C@H](Cn1nc(-c2cccc(C#N)c2)c(-c2ccncc2)c1CO)C1CCC1. The first kappa shape index (κ1) is 24.4. The minimum absolute atomic E-state index is 0.188. The number of nitriles is 1. The first-order valence-corrected chi connectivity index (χ1v) is 11.9. The van der Waals surface area contributed by atoms with Crippen LogP contribution in [-0.2, 0) is 17.9 Å². The first-order chi connectivity index (χ1) is 16.8. The summed E-state index contributed by atoms with van der Waals surface area (Å²) in [7, 11) is 0. The van der Waals surface area contributed by atoms with Crippen LogP contribution in [0.4, 0.5) is 4.79 Å². The van der Waals surface area contributed by atoms with Crippen LogP contribution in [0.25, 0.3) is 22.4 Å². The van der Waals surface area contributed by atoms with Gasteiger partial charge in [-0.1, -0.05) is 18.6 Å². The number of ether oxygens (including phenoxy) is 1. The number of carbonyl (C=O) groups excluding carboxylic acids is 1. The Kier molecular flexibility index (Phi) is 7.17. The number of benzene rings is 1. The molecule has 1 fully saturated rings. The fourth-order valence-electron chi connectivity index (χ4n) is 4.37. The van der Waals surface area contributed by atoms with E-state index in [0.29, 0.717) is 29.4 Å². The van der Waals surface area contributed by atoms with E-state index in [1.165, 1.54) is 0 Å². The summed E-state index contributed by atoms with van der Waals surface area (Å²) in [4.78, 5) is 16.7. The van der Waals surface area contributed by atoms with Crippen LogP contribution in [0, 0.1) is 17.2 Å². The Morgan fingerprint density at radius 1 is 1.26 bits per heavy atom. The molecule has 4 rings (SSSR count). The van der Waals surface area contributed by atoms with E-state index in [0.717, 1.165) is 36.0 Å². The largest absolute Gasteiger partial charge is 0.444 e. The van der Waals surface area contributed by atoms with Gasteiger partial charge in [-0.25, -0.2) is 4.79 Å². The maximum Gasteiger partial charge on any atom is 0.407 e. The van der Waals surface area contributed by atoms with Crippen LogP contribution in [0.2, 0.25) is 0 Å². The molecule has 8 nitrogen and oxygen atoms in total. The highest BCUT2D eigenvalue weighted by molar-refractivity contribution is 5.83. The zero-order valence-corrected chi connectivity index (χ0v) is 20.4. The number of amides is 1. The maximum atomic E-state index is 12.6. The fraction of sp³-hybridized carbons (Fsp3) is 0.407. The van der Waals surface area contributed by atoms with Crippen molar-refractivity contribution in [3.63, 3.8) is 0 Å². The number of hydrogen-bond acceptors (Lipinski definition) is 6. The molecule has 1 saturated carbocycles. The number of aromatic nitrogens is 3. The molecule has 3 aromatic rings. The van der Waals surface area contributed by atoms with Crippen LogP contribution >= 0.6 is 0 Å². The summed E-state index contributed by atoms with van der Waals surface area (Å²) in [5.74, 6) is 0.313. The van der Waals surface area contributed by atoms with Crippen molar-refractivity contribution in [1.82, 2.24) is 20.1 Å². The Morgan fingerprint density at radius 2 is 2.00 bits per heavy atom. The van der Waals surface area contributed by atoms with E-state index < -0.39 is 11.7 Å². The molecule has 0 saturated heterocycles. The van der Waals surface area contributed by atoms with Gasteiger partial charge in [-0.2, -0.15) is 10.4 Å². The predicted molar refractivity (Wildman–Crippen MR) is 132 cm³/mol. The van der Waals surface area contributed by atoms with Gasteiger partial charge in [0.05, 0.1) is 36.5 Å². The number of aliphatic hydroxyl groups is 1. The van der Waals surface area contributed by atoms with Gasteiger partial charge in [-0.3, -0.25) is 9.67 Å². The maximum absolute atomic E-state index is 12.6. The minimum atomic E-state index is -0.594. The second-order valence-corrected chi connectivity index (χ2v) is 9.88. The van der Waals surface area contributed by atoms with E-state index in [1.807, 2.05) is 45.0 Å². The van der Waals surface area contributed by atoms with Crippen molar-refractivity contribution in [3.8, 4) is 28.5 Å². The third-order valence-corrected chi connectivity index (χ3v) is 6.23. The molecule has 0 bridgehead atoms. The Balaban J connectivity index is 1.75. The highest BCUT2D eigenvalue weighted by Crippen LogP contribution is 2.36. The fourth-order valence-corrected chi connectivity index (χ4v) is 4.37. The molecule has 35 heavy (non-hydrogen) atoms. The molecule has 1 amide bonds. The topological polar surface area (TPSA) is 113 Å². The van der Waals surface area contributed by atoms with Gasteiger partial charge in [0, 0.05) is 23.5 Å². The molecule has 0 radical (unpaired) electrons. The molecule has 0 aliphatic heterocycles. The molecule has 1 aliphatic carbocycles. The van der Waals surface area contributed by atoms with Gasteiger partial charge in [0.2, 0.25) is 0 Å². The number of nitrogens with one attached hydrogen (secondary N) is 1. The van der Waals surface area contributed by atoms with Crippen molar-refractivity contribution in [2.75, 3.05) is 0 Å². The summed E-state index contributed by atoms with van der Waals surface area (Å²) < 4.78 is 7.29. The highest BCUT2D eigenvalue weighted by Gasteiger charge is 2.32. The lowest BCUT2D eigenvalue weighted by molar-refractivity contribution is 0.0453. The van der Waals surface area contributed by atoms with Crippen molar-refractivity contribution >= 4 is 6.09 Å². The third kappa shape index (κ3) is 5.69. The molecular weight excluding hydrogens is 442 g/mol. The number of aliphatic hydroxyl groups excluding tert-OH is 1. The van der Waals surface area contributed by atoms with Crippen molar-refractivity contribution in [3.05, 3.63) is 60.0 Å². The molecule has 182 valence electrons.